The van der Waals surface area contributed by atoms with Crippen LogP contribution in [0.4, 0.5) is 0 Å². The summed E-state index contributed by atoms with van der Waals surface area (Å²) >= 11 is 8.78. The molecule has 0 aromatic heterocycles. The zero-order valence-electron chi connectivity index (χ0n) is 15.7. The predicted molar refractivity (Wildman–Crippen MR) is 108 cm³/mol. The maximum atomic E-state index is 6.44. The highest BCUT2D eigenvalue weighted by molar-refractivity contribution is 8.00. The van der Waals surface area contributed by atoms with Crippen molar-refractivity contribution in [1.82, 2.24) is 10.2 Å². The minimum absolute atomic E-state index is 0.458. The van der Waals surface area contributed by atoms with Crippen molar-refractivity contribution in [2.75, 3.05) is 7.05 Å². The molecular formula is C21H35ClN2S. The normalized spacial score (nSPS) is 53.8. The third-order valence-corrected chi connectivity index (χ3v) is 10.5. The number of hydrogen-bond acceptors (Lipinski definition) is 3. The summed E-state index contributed by atoms with van der Waals surface area (Å²) in [6.45, 7) is 0. The van der Waals surface area contributed by atoms with Gasteiger partial charge in [-0.2, -0.15) is 0 Å². The van der Waals surface area contributed by atoms with E-state index in [2.05, 4.69) is 29.0 Å². The Morgan fingerprint density at radius 1 is 0.960 bits per heavy atom. The van der Waals surface area contributed by atoms with Crippen LogP contribution in [0.1, 0.15) is 70.6 Å². The minimum atomic E-state index is 0.458. The smallest absolute Gasteiger partial charge is 0.0584 e. The van der Waals surface area contributed by atoms with Crippen molar-refractivity contribution in [3.63, 3.8) is 0 Å². The summed E-state index contributed by atoms with van der Waals surface area (Å²) < 4.78 is 0. The van der Waals surface area contributed by atoms with E-state index in [-0.39, 0.29) is 0 Å². The van der Waals surface area contributed by atoms with Crippen LogP contribution < -0.4 is 5.32 Å². The second-order valence-electron chi connectivity index (χ2n) is 9.61. The first kappa shape index (κ1) is 17.6. The molecule has 5 rings (SSSR count). The molecule has 0 amide bonds. The summed E-state index contributed by atoms with van der Waals surface area (Å²) in [7, 11) is 2.42. The summed E-state index contributed by atoms with van der Waals surface area (Å²) in [4.78, 5) is 2.78. The Morgan fingerprint density at radius 2 is 1.76 bits per heavy atom. The Kier molecular flexibility index (Phi) is 5.07. The van der Waals surface area contributed by atoms with Crippen LogP contribution in [-0.4, -0.2) is 46.1 Å². The molecule has 3 aliphatic heterocycles. The molecule has 0 aromatic carbocycles. The van der Waals surface area contributed by atoms with E-state index < -0.39 is 0 Å². The van der Waals surface area contributed by atoms with Gasteiger partial charge < -0.3 is 10.2 Å². The molecule has 5 aliphatic rings. The van der Waals surface area contributed by atoms with E-state index in [9.17, 15) is 0 Å². The Balaban J connectivity index is 1.37. The number of rotatable bonds is 2. The van der Waals surface area contributed by atoms with Gasteiger partial charge in [-0.25, -0.2) is 0 Å². The fourth-order valence-corrected chi connectivity index (χ4v) is 9.23. The fraction of sp³-hybridized carbons (Fsp3) is 1.00. The molecule has 7 atom stereocenters. The largest absolute Gasteiger partial charge is 0.301 e. The highest BCUT2D eigenvalue weighted by Crippen LogP contribution is 2.53. The first-order chi connectivity index (χ1) is 12.2. The first-order valence-electron chi connectivity index (χ1n) is 11.0. The molecule has 142 valence electrons. The molecule has 2 nitrogen and oxygen atoms in total. The highest BCUT2D eigenvalue weighted by atomic mass is 35.5. The van der Waals surface area contributed by atoms with Crippen molar-refractivity contribution in [1.29, 1.82) is 0 Å². The number of nitrogens with one attached hydrogen (secondary N) is 1. The van der Waals surface area contributed by atoms with Crippen LogP contribution in [0.15, 0.2) is 0 Å². The van der Waals surface area contributed by atoms with Gasteiger partial charge in [0, 0.05) is 34.7 Å². The van der Waals surface area contributed by atoms with E-state index >= 15 is 0 Å². The van der Waals surface area contributed by atoms with Crippen LogP contribution in [0.5, 0.6) is 0 Å². The molecule has 4 unspecified atom stereocenters. The molecule has 0 aromatic rings. The van der Waals surface area contributed by atoms with E-state index in [0.717, 1.165) is 46.5 Å². The topological polar surface area (TPSA) is 15.3 Å². The third kappa shape index (κ3) is 3.19. The maximum absolute atomic E-state index is 6.44. The van der Waals surface area contributed by atoms with Crippen LogP contribution in [-0.2, 0) is 0 Å². The molecule has 25 heavy (non-hydrogen) atoms. The zero-order valence-corrected chi connectivity index (χ0v) is 17.3. The van der Waals surface area contributed by atoms with E-state index in [1.54, 1.807) is 0 Å². The van der Waals surface area contributed by atoms with Gasteiger partial charge in [0.2, 0.25) is 0 Å². The van der Waals surface area contributed by atoms with Gasteiger partial charge in [-0.05, 0) is 76.7 Å². The Hall–Kier alpha value is 0.560. The van der Waals surface area contributed by atoms with E-state index in [4.69, 9.17) is 11.6 Å². The number of piperidine rings is 1. The van der Waals surface area contributed by atoms with E-state index in [1.165, 1.54) is 70.6 Å². The molecule has 1 N–H and O–H groups in total. The SMILES string of the molecule is CN1C2CC[C@@H]1C[C@H](C1CCC(Cl)CC1)[C@H]2C1NC2CCCCC2S1. The average molecular weight is 383 g/mol. The summed E-state index contributed by atoms with van der Waals surface area (Å²) in [6, 6.07) is 2.52. The van der Waals surface area contributed by atoms with Crippen molar-refractivity contribution < 1.29 is 0 Å². The molecule has 0 radical (unpaired) electrons. The number of thioether (sulfide) groups is 1. The summed E-state index contributed by atoms with van der Waals surface area (Å²) in [6.07, 6.45) is 15.4. The molecule has 0 spiro atoms. The lowest BCUT2D eigenvalue weighted by Gasteiger charge is -2.49. The lowest BCUT2D eigenvalue weighted by atomic mass is 9.68. The number of halogens is 1. The minimum Gasteiger partial charge on any atom is -0.301 e. The Morgan fingerprint density at radius 3 is 2.56 bits per heavy atom. The first-order valence-corrected chi connectivity index (χ1v) is 12.4. The fourth-order valence-electron chi connectivity index (χ4n) is 7.08. The zero-order chi connectivity index (χ0) is 17.0. The van der Waals surface area contributed by atoms with Gasteiger partial charge >= 0.3 is 0 Å². The molecule has 2 aliphatic carbocycles. The maximum Gasteiger partial charge on any atom is 0.0584 e. The van der Waals surface area contributed by atoms with Crippen LogP contribution >= 0.6 is 23.4 Å². The second-order valence-corrected chi connectivity index (χ2v) is 11.6. The molecular weight excluding hydrogens is 348 g/mol. The lowest BCUT2D eigenvalue weighted by Crippen LogP contribution is -2.54. The van der Waals surface area contributed by atoms with Gasteiger partial charge in [0.25, 0.3) is 0 Å². The standard InChI is InChI=1S/C21H35ClN2S/c1-24-15-10-11-18(24)20(16(12-15)13-6-8-14(22)9-7-13)21-23-17-4-2-3-5-19(17)25-21/h13-21,23H,2-12H2,1H3/t13?,14?,15-,16-,17?,18?,19?,20-,21?/m1/s1. The molecule has 2 saturated carbocycles. The average Bonchev–Trinajstić information content (AvgIpc) is 3.14. The van der Waals surface area contributed by atoms with Gasteiger partial charge in [-0.15, -0.1) is 23.4 Å². The molecule has 4 heteroatoms. The van der Waals surface area contributed by atoms with Crippen molar-refractivity contribution in [3.05, 3.63) is 0 Å². The van der Waals surface area contributed by atoms with Gasteiger partial charge in [-0.3, -0.25) is 0 Å². The number of hydrogen-bond donors (Lipinski definition) is 1. The molecule has 3 saturated heterocycles. The number of nitrogens with zero attached hydrogens (tertiary/aromatic N) is 1. The molecule has 5 fully saturated rings. The molecule has 3 heterocycles. The summed E-state index contributed by atoms with van der Waals surface area (Å²) in [5.74, 6) is 2.76. The van der Waals surface area contributed by atoms with Crippen molar-refractivity contribution in [3.8, 4) is 0 Å². The van der Waals surface area contributed by atoms with Crippen molar-refractivity contribution in [2.45, 2.75) is 105 Å². The summed E-state index contributed by atoms with van der Waals surface area (Å²) in [5.41, 5.74) is 0. The van der Waals surface area contributed by atoms with E-state index in [0.29, 0.717) is 5.38 Å². The quantitative estimate of drug-likeness (QED) is 0.687. The van der Waals surface area contributed by atoms with Gasteiger partial charge in [0.1, 0.15) is 0 Å². The monoisotopic (exact) mass is 382 g/mol. The summed E-state index contributed by atoms with van der Waals surface area (Å²) in [5, 5.41) is 6.24. The van der Waals surface area contributed by atoms with Gasteiger partial charge in [-0.1, -0.05) is 12.8 Å². The predicted octanol–water partition coefficient (Wildman–Crippen LogP) is 4.86. The Bertz CT molecular complexity index is 467. The van der Waals surface area contributed by atoms with Crippen molar-refractivity contribution in [2.24, 2.45) is 17.8 Å². The van der Waals surface area contributed by atoms with Crippen LogP contribution in [0.3, 0.4) is 0 Å². The number of fused-ring (bicyclic) bond motifs is 3. The van der Waals surface area contributed by atoms with Crippen LogP contribution in [0.25, 0.3) is 0 Å². The molecule has 2 bridgehead atoms. The van der Waals surface area contributed by atoms with Gasteiger partial charge in [0.15, 0.2) is 0 Å². The van der Waals surface area contributed by atoms with Gasteiger partial charge in [0.05, 0.1) is 5.37 Å². The van der Waals surface area contributed by atoms with Crippen LogP contribution in [0.2, 0.25) is 0 Å². The Labute approximate surface area is 163 Å². The van der Waals surface area contributed by atoms with Crippen molar-refractivity contribution >= 4 is 23.4 Å². The highest BCUT2D eigenvalue weighted by Gasteiger charge is 2.53. The second kappa shape index (κ2) is 7.18. The van der Waals surface area contributed by atoms with E-state index in [1.807, 2.05) is 0 Å². The number of alkyl halides is 1. The third-order valence-electron chi connectivity index (χ3n) is 8.44. The lowest BCUT2D eigenvalue weighted by molar-refractivity contribution is 0.0210. The van der Waals surface area contributed by atoms with Crippen LogP contribution in [0, 0.1) is 17.8 Å².